The van der Waals surface area contributed by atoms with Gasteiger partial charge < -0.3 is 9.88 Å². The maximum absolute atomic E-state index is 13.0. The second-order valence-electron chi connectivity index (χ2n) is 9.47. The van der Waals surface area contributed by atoms with Gasteiger partial charge in [-0.25, -0.2) is 0 Å². The third-order valence-corrected chi connectivity index (χ3v) is 7.76. The van der Waals surface area contributed by atoms with Crippen molar-refractivity contribution in [2.45, 2.75) is 71.9 Å². The van der Waals surface area contributed by atoms with Gasteiger partial charge in [0.05, 0.1) is 10.4 Å². The predicted octanol–water partition coefficient (Wildman–Crippen LogP) is 5.51. The molecule has 2 fully saturated rings. The lowest BCUT2D eigenvalue weighted by Gasteiger charge is -2.23. The Morgan fingerprint density at radius 3 is 2.73 bits per heavy atom. The van der Waals surface area contributed by atoms with Crippen molar-refractivity contribution < 1.29 is 9.59 Å². The van der Waals surface area contributed by atoms with Gasteiger partial charge in [-0.05, 0) is 36.8 Å². The van der Waals surface area contributed by atoms with Crippen molar-refractivity contribution in [1.29, 1.82) is 0 Å². The predicted molar refractivity (Wildman–Crippen MR) is 141 cm³/mol. The van der Waals surface area contributed by atoms with Gasteiger partial charge in [0.2, 0.25) is 5.91 Å². The van der Waals surface area contributed by atoms with E-state index < -0.39 is 0 Å². The molecule has 2 aromatic rings. The van der Waals surface area contributed by atoms with Crippen LogP contribution in [0.15, 0.2) is 29.3 Å². The molecule has 1 saturated carbocycles. The first-order valence-electron chi connectivity index (χ1n) is 12.0. The van der Waals surface area contributed by atoms with Crippen molar-refractivity contribution in [3.05, 3.63) is 40.4 Å². The molecule has 1 aromatic carbocycles. The van der Waals surface area contributed by atoms with Crippen molar-refractivity contribution in [2.24, 2.45) is 5.92 Å². The summed E-state index contributed by atoms with van der Waals surface area (Å²) in [5.74, 6) is 0.379. The fourth-order valence-electron chi connectivity index (χ4n) is 4.83. The Balaban J connectivity index is 1.64. The fourth-order valence-corrected chi connectivity index (χ4v) is 6.10. The van der Waals surface area contributed by atoms with Gasteiger partial charge in [-0.1, -0.05) is 82.2 Å². The minimum atomic E-state index is -0.0266. The number of carbonyl (C=O) groups excluding carboxylic acids is 2. The lowest BCUT2D eigenvalue weighted by Crippen LogP contribution is -2.38. The maximum atomic E-state index is 13.0. The highest BCUT2D eigenvalue weighted by atomic mass is 32.2. The van der Waals surface area contributed by atoms with Gasteiger partial charge in [0.1, 0.15) is 10.9 Å². The smallest absolute Gasteiger partial charge is 0.266 e. The minimum absolute atomic E-state index is 0.0266. The molecule has 1 aromatic heterocycles. The largest absolute Gasteiger partial charge is 0.352 e. The standard InChI is InChI=1S/C26H33N3O2S2/c1-4-18-9-8-12-21-19(13-22-25(31)29(14-17(2)3)26(32)33-22)15-28(24(18)21)16-23(30)27-20-10-6-5-7-11-20/h8-9,12-13,15,17,20H,4-7,10-11,14,16H2,1-3H3,(H,27,30)/b22-13-. The normalized spacial score (nSPS) is 18.8. The SMILES string of the molecule is CCc1cccc2c(/C=C3\SC(=S)N(CC(C)C)C3=O)cn(CC(=O)NC3CCCCC3)c12. The zero-order valence-corrected chi connectivity index (χ0v) is 21.4. The van der Waals surface area contributed by atoms with Crippen molar-refractivity contribution in [3.8, 4) is 0 Å². The molecule has 5 nitrogen and oxygen atoms in total. The van der Waals surface area contributed by atoms with Gasteiger partial charge in [-0.2, -0.15) is 0 Å². The summed E-state index contributed by atoms with van der Waals surface area (Å²) >= 11 is 6.84. The van der Waals surface area contributed by atoms with E-state index in [1.165, 1.54) is 36.6 Å². The molecule has 2 heterocycles. The van der Waals surface area contributed by atoms with Crippen molar-refractivity contribution in [2.75, 3.05) is 6.54 Å². The van der Waals surface area contributed by atoms with Gasteiger partial charge in [0, 0.05) is 29.7 Å². The number of para-hydroxylation sites is 1. The number of carbonyl (C=O) groups is 2. The van der Waals surface area contributed by atoms with Crippen molar-refractivity contribution in [1.82, 2.24) is 14.8 Å². The quantitative estimate of drug-likeness (QED) is 0.417. The fraction of sp³-hybridized carbons (Fsp3) is 0.500. The minimum Gasteiger partial charge on any atom is -0.352 e. The van der Waals surface area contributed by atoms with E-state index in [0.29, 0.717) is 27.7 Å². The van der Waals surface area contributed by atoms with Gasteiger partial charge in [0.25, 0.3) is 5.91 Å². The summed E-state index contributed by atoms with van der Waals surface area (Å²) in [5, 5.41) is 4.30. The van der Waals surface area contributed by atoms with Crippen LogP contribution in [0.25, 0.3) is 17.0 Å². The number of nitrogens with one attached hydrogen (secondary N) is 1. The number of thioether (sulfide) groups is 1. The molecule has 33 heavy (non-hydrogen) atoms. The highest BCUT2D eigenvalue weighted by Gasteiger charge is 2.32. The molecule has 2 amide bonds. The summed E-state index contributed by atoms with van der Waals surface area (Å²) in [6.45, 7) is 7.21. The highest BCUT2D eigenvalue weighted by molar-refractivity contribution is 8.26. The van der Waals surface area contributed by atoms with Crippen molar-refractivity contribution >= 4 is 57.1 Å². The monoisotopic (exact) mass is 483 g/mol. The molecule has 1 saturated heterocycles. The number of hydrogen-bond acceptors (Lipinski definition) is 4. The molecule has 176 valence electrons. The Kier molecular flexibility index (Phi) is 7.59. The molecular weight excluding hydrogens is 450 g/mol. The van der Waals surface area contributed by atoms with Gasteiger partial charge in [-0.3, -0.25) is 14.5 Å². The van der Waals surface area contributed by atoms with E-state index in [2.05, 4.69) is 44.3 Å². The molecule has 1 aliphatic carbocycles. The average molecular weight is 484 g/mol. The summed E-state index contributed by atoms with van der Waals surface area (Å²) in [7, 11) is 0. The van der Waals surface area contributed by atoms with Crippen LogP contribution in [0.4, 0.5) is 0 Å². The number of thiocarbonyl (C=S) groups is 1. The Labute approximate surface area is 206 Å². The first-order chi connectivity index (χ1) is 15.9. The van der Waals surface area contributed by atoms with Crippen LogP contribution in [0, 0.1) is 5.92 Å². The molecule has 1 N–H and O–H groups in total. The van der Waals surface area contributed by atoms with Crippen LogP contribution in [-0.4, -0.2) is 38.2 Å². The third-order valence-electron chi connectivity index (χ3n) is 6.39. The second kappa shape index (κ2) is 10.4. The van der Waals surface area contributed by atoms with Crippen LogP contribution in [0.2, 0.25) is 0 Å². The number of benzene rings is 1. The Hall–Kier alpha value is -2.12. The van der Waals surface area contributed by atoms with E-state index in [1.54, 1.807) is 4.90 Å². The van der Waals surface area contributed by atoms with Crippen LogP contribution >= 0.6 is 24.0 Å². The van der Waals surface area contributed by atoms with E-state index >= 15 is 0 Å². The lowest BCUT2D eigenvalue weighted by molar-refractivity contribution is -0.123. The lowest BCUT2D eigenvalue weighted by atomic mass is 9.95. The molecule has 0 spiro atoms. The Bertz CT molecular complexity index is 1100. The maximum Gasteiger partial charge on any atom is 0.266 e. The number of fused-ring (bicyclic) bond motifs is 1. The van der Waals surface area contributed by atoms with Crippen LogP contribution < -0.4 is 5.32 Å². The van der Waals surface area contributed by atoms with Crippen LogP contribution in [-0.2, 0) is 22.6 Å². The molecule has 7 heteroatoms. The summed E-state index contributed by atoms with van der Waals surface area (Å²) in [5.41, 5.74) is 3.23. The van der Waals surface area contributed by atoms with E-state index in [4.69, 9.17) is 12.2 Å². The van der Waals surface area contributed by atoms with Gasteiger partial charge in [0.15, 0.2) is 0 Å². The number of aromatic nitrogens is 1. The molecular formula is C26H33N3O2S2. The van der Waals surface area contributed by atoms with E-state index in [-0.39, 0.29) is 18.4 Å². The van der Waals surface area contributed by atoms with Gasteiger partial charge >= 0.3 is 0 Å². The van der Waals surface area contributed by atoms with Gasteiger partial charge in [-0.15, -0.1) is 0 Å². The summed E-state index contributed by atoms with van der Waals surface area (Å²) in [6.07, 6.45) is 10.6. The molecule has 0 bridgehead atoms. The third kappa shape index (κ3) is 5.35. The van der Waals surface area contributed by atoms with Crippen LogP contribution in [0.1, 0.15) is 64.0 Å². The summed E-state index contributed by atoms with van der Waals surface area (Å²) in [4.78, 5) is 28.2. The highest BCUT2D eigenvalue weighted by Crippen LogP contribution is 2.35. The number of rotatable bonds is 7. The molecule has 0 atom stereocenters. The second-order valence-corrected chi connectivity index (χ2v) is 11.1. The Morgan fingerprint density at radius 2 is 2.03 bits per heavy atom. The topological polar surface area (TPSA) is 54.3 Å². The van der Waals surface area contributed by atoms with Crippen LogP contribution in [0.5, 0.6) is 0 Å². The molecule has 0 radical (unpaired) electrons. The van der Waals surface area contributed by atoms with E-state index in [0.717, 1.165) is 35.7 Å². The first kappa shape index (κ1) is 24.0. The Morgan fingerprint density at radius 1 is 1.27 bits per heavy atom. The summed E-state index contributed by atoms with van der Waals surface area (Å²) < 4.78 is 2.66. The number of aryl methyl sites for hydroxylation is 1. The number of hydrogen-bond donors (Lipinski definition) is 1. The zero-order chi connectivity index (χ0) is 23.5. The molecule has 0 unspecified atom stereocenters. The van der Waals surface area contributed by atoms with Crippen LogP contribution in [0.3, 0.4) is 0 Å². The number of amides is 2. The first-order valence-corrected chi connectivity index (χ1v) is 13.2. The molecule has 1 aliphatic heterocycles. The van der Waals surface area contributed by atoms with E-state index in [9.17, 15) is 9.59 Å². The number of nitrogens with zero attached hydrogens (tertiary/aromatic N) is 2. The van der Waals surface area contributed by atoms with Crippen molar-refractivity contribution in [3.63, 3.8) is 0 Å². The average Bonchev–Trinajstić information content (AvgIpc) is 3.26. The zero-order valence-electron chi connectivity index (χ0n) is 19.7. The molecule has 2 aliphatic rings. The summed E-state index contributed by atoms with van der Waals surface area (Å²) in [6, 6.07) is 6.53. The van der Waals surface area contributed by atoms with E-state index in [1.807, 2.05) is 16.8 Å². The molecule has 4 rings (SSSR count).